The lowest BCUT2D eigenvalue weighted by atomic mass is 9.90. The number of nitrogens with one attached hydrogen (secondary N) is 1. The monoisotopic (exact) mass is 425 g/mol. The summed E-state index contributed by atoms with van der Waals surface area (Å²) in [4.78, 5) is 13.2. The molecule has 0 unspecified atom stereocenters. The zero-order valence-electron chi connectivity index (χ0n) is 15.2. The summed E-state index contributed by atoms with van der Waals surface area (Å²) < 4.78 is 32.0. The second-order valence-corrected chi connectivity index (χ2v) is 9.42. The van der Waals surface area contributed by atoms with E-state index in [-0.39, 0.29) is 18.3 Å². The highest BCUT2D eigenvalue weighted by atomic mass is 35.5. The molecule has 26 heavy (non-hydrogen) atoms. The molecule has 150 valence electrons. The van der Waals surface area contributed by atoms with Crippen LogP contribution >= 0.6 is 23.7 Å². The van der Waals surface area contributed by atoms with Crippen LogP contribution in [0.5, 0.6) is 0 Å². The predicted octanol–water partition coefficient (Wildman–Crippen LogP) is 1.37. The number of hydrogen-bond acceptors (Lipinski definition) is 6. The number of rotatable bonds is 8. The van der Waals surface area contributed by atoms with E-state index < -0.39 is 15.6 Å². The molecule has 0 aromatic carbocycles. The molecule has 1 aliphatic rings. The number of sulfonamides is 1. The standard InChI is InChI=1S/C16H27N3O4S2.ClH/c1-3-19(4-2)25(21,22)14-6-5-13(24-14)7-10-18-15(20)16(17)8-11-23-12-9-16;/h5-6H,3-4,7-12,17H2,1-2H3,(H,18,20);1H. The van der Waals surface area contributed by atoms with E-state index in [1.165, 1.54) is 15.6 Å². The van der Waals surface area contributed by atoms with E-state index in [1.54, 1.807) is 12.1 Å². The molecule has 2 rings (SSSR count). The lowest BCUT2D eigenvalue weighted by molar-refractivity contribution is -0.129. The first-order valence-corrected chi connectivity index (χ1v) is 10.8. The molecule has 1 amide bonds. The van der Waals surface area contributed by atoms with Gasteiger partial charge in [-0.15, -0.1) is 23.7 Å². The van der Waals surface area contributed by atoms with E-state index in [4.69, 9.17) is 10.5 Å². The Labute approximate surface area is 165 Å². The van der Waals surface area contributed by atoms with Gasteiger partial charge in [0.15, 0.2) is 0 Å². The highest BCUT2D eigenvalue weighted by Crippen LogP contribution is 2.25. The van der Waals surface area contributed by atoms with Gasteiger partial charge in [-0.1, -0.05) is 13.8 Å². The van der Waals surface area contributed by atoms with Crippen molar-refractivity contribution in [3.8, 4) is 0 Å². The van der Waals surface area contributed by atoms with E-state index in [0.29, 0.717) is 56.3 Å². The molecule has 1 aromatic rings. The van der Waals surface area contributed by atoms with Crippen LogP contribution in [0.2, 0.25) is 0 Å². The van der Waals surface area contributed by atoms with Crippen LogP contribution in [0.1, 0.15) is 31.6 Å². The fourth-order valence-corrected chi connectivity index (χ4v) is 5.73. The molecule has 0 spiro atoms. The smallest absolute Gasteiger partial charge is 0.252 e. The largest absolute Gasteiger partial charge is 0.381 e. The van der Waals surface area contributed by atoms with Gasteiger partial charge in [0.05, 0.1) is 5.54 Å². The Kier molecular flexibility index (Phi) is 8.98. The minimum Gasteiger partial charge on any atom is -0.381 e. The zero-order valence-corrected chi connectivity index (χ0v) is 17.6. The van der Waals surface area contributed by atoms with Crippen LogP contribution in [0.3, 0.4) is 0 Å². The van der Waals surface area contributed by atoms with Crippen molar-refractivity contribution < 1.29 is 17.9 Å². The zero-order chi connectivity index (χ0) is 18.5. The van der Waals surface area contributed by atoms with Crippen molar-refractivity contribution in [3.63, 3.8) is 0 Å². The molecule has 1 fully saturated rings. The van der Waals surface area contributed by atoms with Crippen LogP contribution in [0.4, 0.5) is 0 Å². The summed E-state index contributed by atoms with van der Waals surface area (Å²) >= 11 is 1.25. The quantitative estimate of drug-likeness (QED) is 0.654. The number of thiophene rings is 1. The third-order valence-electron chi connectivity index (χ3n) is 4.43. The summed E-state index contributed by atoms with van der Waals surface area (Å²) in [5.74, 6) is -0.164. The van der Waals surface area contributed by atoms with Gasteiger partial charge in [0.1, 0.15) is 4.21 Å². The van der Waals surface area contributed by atoms with E-state index in [2.05, 4.69) is 5.32 Å². The Bertz CT molecular complexity index is 683. The SMILES string of the molecule is CCN(CC)S(=O)(=O)c1ccc(CCNC(=O)C2(N)CCOCC2)s1.Cl. The highest BCUT2D eigenvalue weighted by Gasteiger charge is 2.35. The number of halogens is 1. The lowest BCUT2D eigenvalue weighted by Gasteiger charge is -2.31. The van der Waals surface area contributed by atoms with Gasteiger partial charge in [-0.25, -0.2) is 8.42 Å². The molecule has 0 radical (unpaired) electrons. The average molecular weight is 426 g/mol. The van der Waals surface area contributed by atoms with E-state index >= 15 is 0 Å². The summed E-state index contributed by atoms with van der Waals surface area (Å²) in [6, 6.07) is 3.44. The van der Waals surface area contributed by atoms with Crippen LogP contribution in [-0.2, 0) is 26.0 Å². The van der Waals surface area contributed by atoms with Crippen molar-refractivity contribution in [2.24, 2.45) is 5.73 Å². The summed E-state index contributed by atoms with van der Waals surface area (Å²) in [5.41, 5.74) is 5.28. The third-order valence-corrected chi connectivity index (χ3v) is 8.09. The van der Waals surface area contributed by atoms with Gasteiger partial charge < -0.3 is 15.8 Å². The molecule has 10 heteroatoms. The molecular weight excluding hydrogens is 398 g/mol. The molecule has 0 aliphatic carbocycles. The molecule has 0 bridgehead atoms. The van der Waals surface area contributed by atoms with Crippen LogP contribution in [0.15, 0.2) is 16.3 Å². The number of carbonyl (C=O) groups excluding carboxylic acids is 1. The van der Waals surface area contributed by atoms with Gasteiger partial charge in [-0.05, 0) is 31.4 Å². The molecule has 2 heterocycles. The Morgan fingerprint density at radius 3 is 2.50 bits per heavy atom. The van der Waals surface area contributed by atoms with E-state index in [1.807, 2.05) is 13.8 Å². The first-order chi connectivity index (χ1) is 11.8. The van der Waals surface area contributed by atoms with Crippen LogP contribution < -0.4 is 11.1 Å². The Morgan fingerprint density at radius 2 is 1.92 bits per heavy atom. The summed E-state index contributed by atoms with van der Waals surface area (Å²) in [6.45, 7) is 5.98. The highest BCUT2D eigenvalue weighted by molar-refractivity contribution is 7.91. The van der Waals surface area contributed by atoms with Crippen molar-refractivity contribution in [2.75, 3.05) is 32.8 Å². The van der Waals surface area contributed by atoms with Crippen molar-refractivity contribution in [2.45, 2.75) is 42.9 Å². The maximum absolute atomic E-state index is 12.5. The second kappa shape index (κ2) is 10.0. The predicted molar refractivity (Wildman–Crippen MR) is 105 cm³/mol. The third kappa shape index (κ3) is 5.40. The van der Waals surface area contributed by atoms with Gasteiger partial charge in [0, 0.05) is 37.7 Å². The number of carbonyl (C=O) groups is 1. The Morgan fingerprint density at radius 1 is 1.31 bits per heavy atom. The molecule has 0 atom stereocenters. The lowest BCUT2D eigenvalue weighted by Crippen LogP contribution is -2.57. The molecular formula is C16H28ClN3O4S2. The van der Waals surface area contributed by atoms with E-state index in [9.17, 15) is 13.2 Å². The van der Waals surface area contributed by atoms with Crippen LogP contribution in [-0.4, -0.2) is 57.0 Å². The van der Waals surface area contributed by atoms with Crippen molar-refractivity contribution in [1.29, 1.82) is 0 Å². The van der Waals surface area contributed by atoms with Gasteiger partial charge in [-0.3, -0.25) is 4.79 Å². The molecule has 7 nitrogen and oxygen atoms in total. The Hall–Kier alpha value is -0.710. The maximum atomic E-state index is 12.5. The molecule has 1 saturated heterocycles. The van der Waals surface area contributed by atoms with Crippen molar-refractivity contribution in [3.05, 3.63) is 17.0 Å². The first kappa shape index (κ1) is 23.3. The molecule has 0 saturated carbocycles. The molecule has 1 aromatic heterocycles. The van der Waals surface area contributed by atoms with Crippen LogP contribution in [0.25, 0.3) is 0 Å². The first-order valence-electron chi connectivity index (χ1n) is 8.57. The second-order valence-electron chi connectivity index (χ2n) is 6.08. The van der Waals surface area contributed by atoms with Gasteiger partial charge >= 0.3 is 0 Å². The normalized spacial score (nSPS) is 16.9. The van der Waals surface area contributed by atoms with Gasteiger partial charge in [0.25, 0.3) is 10.0 Å². The molecule has 1 aliphatic heterocycles. The number of hydrogen-bond donors (Lipinski definition) is 2. The summed E-state index contributed by atoms with van der Waals surface area (Å²) in [7, 11) is -3.42. The number of amides is 1. The Balaban J connectivity index is 0.00000338. The maximum Gasteiger partial charge on any atom is 0.252 e. The number of nitrogens with zero attached hydrogens (tertiary/aromatic N) is 1. The van der Waals surface area contributed by atoms with Gasteiger partial charge in [0.2, 0.25) is 5.91 Å². The topological polar surface area (TPSA) is 102 Å². The van der Waals surface area contributed by atoms with E-state index in [0.717, 1.165) is 4.88 Å². The van der Waals surface area contributed by atoms with Crippen LogP contribution in [0, 0.1) is 0 Å². The van der Waals surface area contributed by atoms with Crippen molar-refractivity contribution >= 4 is 39.7 Å². The minimum atomic E-state index is -3.42. The average Bonchev–Trinajstić information content (AvgIpc) is 3.06. The number of nitrogens with two attached hydrogens (primary N) is 1. The molecule has 3 N–H and O–H groups in total. The fraction of sp³-hybridized carbons (Fsp3) is 0.688. The minimum absolute atomic E-state index is 0. The summed E-state index contributed by atoms with van der Waals surface area (Å²) in [5, 5.41) is 2.86. The summed E-state index contributed by atoms with van der Waals surface area (Å²) in [6.07, 6.45) is 1.62. The fourth-order valence-electron chi connectivity index (χ4n) is 2.76. The van der Waals surface area contributed by atoms with Crippen molar-refractivity contribution in [1.82, 2.24) is 9.62 Å². The number of ether oxygens (including phenoxy) is 1. The van der Waals surface area contributed by atoms with Gasteiger partial charge in [-0.2, -0.15) is 4.31 Å².